The minimum Gasteiger partial charge on any atom is -0.463 e. The van der Waals surface area contributed by atoms with Crippen LogP contribution in [0.1, 0.15) is 50.7 Å². The predicted molar refractivity (Wildman–Crippen MR) is 146 cm³/mol. The highest BCUT2D eigenvalue weighted by Gasteiger charge is 2.19. The van der Waals surface area contributed by atoms with Crippen molar-refractivity contribution in [3.8, 4) is 22.6 Å². The molecule has 3 aromatic rings. The van der Waals surface area contributed by atoms with Gasteiger partial charge in [0.25, 0.3) is 0 Å². The molecule has 0 N–H and O–H groups in total. The molecule has 0 saturated heterocycles. The van der Waals surface area contributed by atoms with E-state index in [4.69, 9.17) is 13.9 Å². The third kappa shape index (κ3) is 7.90. The lowest BCUT2D eigenvalue weighted by Gasteiger charge is -2.12. The highest BCUT2D eigenvalue weighted by molar-refractivity contribution is 5.91. The van der Waals surface area contributed by atoms with Crippen LogP contribution in [0.25, 0.3) is 34.8 Å². The number of ether oxygens (including phenoxy) is 2. The van der Waals surface area contributed by atoms with Crippen LogP contribution >= 0.6 is 0 Å². The first kappa shape index (κ1) is 27.4. The van der Waals surface area contributed by atoms with Crippen LogP contribution < -0.4 is 5.43 Å². The molecule has 3 rings (SSSR count). The van der Waals surface area contributed by atoms with E-state index in [1.54, 1.807) is 0 Å². The van der Waals surface area contributed by atoms with Crippen molar-refractivity contribution in [2.75, 3.05) is 13.2 Å². The van der Waals surface area contributed by atoms with Crippen LogP contribution in [-0.4, -0.2) is 25.2 Å². The van der Waals surface area contributed by atoms with E-state index in [2.05, 4.69) is 0 Å². The Morgan fingerprint density at radius 2 is 1.11 bits per heavy atom. The number of hydrogen-bond donors (Lipinski definition) is 0. The normalized spacial score (nSPS) is 11.2. The Kier molecular flexibility index (Phi) is 10.7. The standard InChI is InChI=1S/C31H32O6/c1-3-5-21-35-27(32)19-17-25-29(34)26(18-20-28(33)36-22-6-4-2)31(24-15-11-8-12-16-24)37-30(25)23-13-9-7-10-14-23/h7-20H,3-6,21-22H2,1-2H3/b19-17+,20-18+. The fourth-order valence-corrected chi connectivity index (χ4v) is 3.51. The molecule has 2 aromatic carbocycles. The summed E-state index contributed by atoms with van der Waals surface area (Å²) in [6, 6.07) is 18.4. The first-order valence-electron chi connectivity index (χ1n) is 12.6. The summed E-state index contributed by atoms with van der Waals surface area (Å²) in [5, 5.41) is 0. The van der Waals surface area contributed by atoms with Crippen LogP contribution in [0.2, 0.25) is 0 Å². The highest BCUT2D eigenvalue weighted by Crippen LogP contribution is 2.31. The van der Waals surface area contributed by atoms with E-state index < -0.39 is 11.9 Å². The smallest absolute Gasteiger partial charge is 0.330 e. The molecule has 37 heavy (non-hydrogen) atoms. The van der Waals surface area contributed by atoms with E-state index in [-0.39, 0.29) is 16.6 Å². The maximum atomic E-state index is 13.8. The molecule has 6 nitrogen and oxygen atoms in total. The Bertz CT molecular complexity index is 1190. The highest BCUT2D eigenvalue weighted by atomic mass is 16.5. The summed E-state index contributed by atoms with van der Waals surface area (Å²) < 4.78 is 16.8. The molecule has 0 atom stereocenters. The molecule has 0 aliphatic rings. The van der Waals surface area contributed by atoms with Gasteiger partial charge in [-0.2, -0.15) is 0 Å². The summed E-state index contributed by atoms with van der Waals surface area (Å²) in [6.45, 7) is 4.62. The summed E-state index contributed by atoms with van der Waals surface area (Å²) >= 11 is 0. The first-order chi connectivity index (χ1) is 18.0. The van der Waals surface area contributed by atoms with Gasteiger partial charge in [0.15, 0.2) is 0 Å². The van der Waals surface area contributed by atoms with E-state index in [1.165, 1.54) is 24.3 Å². The lowest BCUT2D eigenvalue weighted by Crippen LogP contribution is -2.13. The Morgan fingerprint density at radius 3 is 1.49 bits per heavy atom. The second-order valence-electron chi connectivity index (χ2n) is 8.36. The van der Waals surface area contributed by atoms with Crippen LogP contribution in [0.3, 0.4) is 0 Å². The molecule has 192 valence electrons. The lowest BCUT2D eigenvalue weighted by atomic mass is 10.00. The fraction of sp³-hybridized carbons (Fsp3) is 0.258. The molecule has 6 heteroatoms. The van der Waals surface area contributed by atoms with E-state index in [9.17, 15) is 14.4 Å². The molecule has 0 spiro atoms. The lowest BCUT2D eigenvalue weighted by molar-refractivity contribution is -0.138. The van der Waals surface area contributed by atoms with E-state index in [0.29, 0.717) is 35.9 Å². The van der Waals surface area contributed by atoms with Gasteiger partial charge in [0.05, 0.1) is 24.3 Å². The number of hydrogen-bond acceptors (Lipinski definition) is 6. The molecule has 1 heterocycles. The summed E-state index contributed by atoms with van der Waals surface area (Å²) in [5.74, 6) is -0.472. The van der Waals surface area contributed by atoms with Gasteiger partial charge in [-0.15, -0.1) is 0 Å². The predicted octanol–water partition coefficient (Wildman–Crippen LogP) is 6.69. The summed E-state index contributed by atoms with van der Waals surface area (Å²) in [5.41, 5.74) is 1.31. The van der Waals surface area contributed by atoms with Gasteiger partial charge in [0, 0.05) is 23.3 Å². The first-order valence-corrected chi connectivity index (χ1v) is 12.6. The summed E-state index contributed by atoms with van der Waals surface area (Å²) in [7, 11) is 0. The maximum absolute atomic E-state index is 13.8. The van der Waals surface area contributed by atoms with Crippen molar-refractivity contribution in [1.82, 2.24) is 0 Å². The minimum atomic E-state index is -0.546. The molecular formula is C31H32O6. The van der Waals surface area contributed by atoms with E-state index in [0.717, 1.165) is 25.7 Å². The van der Waals surface area contributed by atoms with Crippen molar-refractivity contribution in [3.63, 3.8) is 0 Å². The second-order valence-corrected chi connectivity index (χ2v) is 8.36. The van der Waals surface area contributed by atoms with Gasteiger partial charge >= 0.3 is 11.9 Å². The Balaban J connectivity index is 2.14. The molecule has 0 saturated carbocycles. The average molecular weight is 501 g/mol. The Hall–Kier alpha value is -4.19. The van der Waals surface area contributed by atoms with Crippen molar-refractivity contribution in [2.45, 2.75) is 39.5 Å². The quantitative estimate of drug-likeness (QED) is 0.157. The number of carbonyl (C=O) groups excluding carboxylic acids is 2. The van der Waals surface area contributed by atoms with Gasteiger partial charge in [-0.3, -0.25) is 4.79 Å². The monoisotopic (exact) mass is 500 g/mol. The van der Waals surface area contributed by atoms with Crippen LogP contribution in [0.5, 0.6) is 0 Å². The third-order valence-corrected chi connectivity index (χ3v) is 5.51. The van der Waals surface area contributed by atoms with Gasteiger partial charge in [0.1, 0.15) is 11.5 Å². The molecule has 0 aliphatic carbocycles. The molecule has 0 radical (unpaired) electrons. The Labute approximate surface area is 217 Å². The summed E-state index contributed by atoms with van der Waals surface area (Å²) in [6.07, 6.45) is 8.58. The fourth-order valence-electron chi connectivity index (χ4n) is 3.51. The topological polar surface area (TPSA) is 82.8 Å². The largest absolute Gasteiger partial charge is 0.463 e. The molecule has 0 aliphatic heterocycles. The van der Waals surface area contributed by atoms with Crippen LogP contribution in [0.15, 0.2) is 82.0 Å². The number of unbranched alkanes of at least 4 members (excludes halogenated alkanes) is 2. The molecule has 0 amide bonds. The van der Waals surface area contributed by atoms with Gasteiger partial charge in [0.2, 0.25) is 5.43 Å². The van der Waals surface area contributed by atoms with Crippen molar-refractivity contribution in [2.24, 2.45) is 0 Å². The van der Waals surface area contributed by atoms with Crippen molar-refractivity contribution in [3.05, 3.63) is 94.2 Å². The van der Waals surface area contributed by atoms with Crippen LogP contribution in [0, 0.1) is 0 Å². The van der Waals surface area contributed by atoms with Crippen LogP contribution in [0.4, 0.5) is 0 Å². The molecular weight excluding hydrogens is 468 g/mol. The number of rotatable bonds is 12. The van der Waals surface area contributed by atoms with Crippen molar-refractivity contribution < 1.29 is 23.5 Å². The molecule has 0 fully saturated rings. The van der Waals surface area contributed by atoms with Gasteiger partial charge < -0.3 is 13.9 Å². The average Bonchev–Trinajstić information content (AvgIpc) is 2.92. The number of carbonyl (C=O) groups is 2. The Morgan fingerprint density at radius 1 is 0.703 bits per heavy atom. The third-order valence-electron chi connectivity index (χ3n) is 5.51. The van der Waals surface area contributed by atoms with Crippen molar-refractivity contribution >= 4 is 24.1 Å². The second kappa shape index (κ2) is 14.4. The van der Waals surface area contributed by atoms with Gasteiger partial charge in [-0.1, -0.05) is 87.4 Å². The van der Waals surface area contributed by atoms with Crippen LogP contribution in [-0.2, 0) is 19.1 Å². The number of esters is 2. The van der Waals surface area contributed by atoms with Gasteiger partial charge in [-0.05, 0) is 25.0 Å². The zero-order chi connectivity index (χ0) is 26.5. The number of benzene rings is 2. The molecule has 0 bridgehead atoms. The van der Waals surface area contributed by atoms with E-state index >= 15 is 0 Å². The molecule has 0 unspecified atom stereocenters. The molecule has 1 aromatic heterocycles. The SMILES string of the molecule is CCCCOC(=O)/C=C/c1c(-c2ccccc2)oc(-c2ccccc2)c(/C=C/C(=O)OCCCC)c1=O. The maximum Gasteiger partial charge on any atom is 0.330 e. The zero-order valence-electron chi connectivity index (χ0n) is 21.3. The van der Waals surface area contributed by atoms with Crippen molar-refractivity contribution in [1.29, 1.82) is 0 Å². The van der Waals surface area contributed by atoms with E-state index in [1.807, 2.05) is 74.5 Å². The minimum absolute atomic E-state index is 0.178. The van der Waals surface area contributed by atoms with Gasteiger partial charge in [-0.25, -0.2) is 9.59 Å². The zero-order valence-corrected chi connectivity index (χ0v) is 21.3. The summed E-state index contributed by atoms with van der Waals surface area (Å²) in [4.78, 5) is 38.3.